The van der Waals surface area contributed by atoms with Crippen molar-refractivity contribution in [3.63, 3.8) is 0 Å². The predicted octanol–water partition coefficient (Wildman–Crippen LogP) is 2.47. The molecular weight excluding hydrogens is 378 g/mol. The van der Waals surface area contributed by atoms with Gasteiger partial charge >= 0.3 is 0 Å². The highest BCUT2D eigenvalue weighted by Gasteiger charge is 2.29. The monoisotopic (exact) mass is 403 g/mol. The Bertz CT molecular complexity index is 1000. The highest BCUT2D eigenvalue weighted by Crippen LogP contribution is 2.30. The van der Waals surface area contributed by atoms with E-state index in [-0.39, 0.29) is 17.9 Å². The molecule has 8 nitrogen and oxygen atoms in total. The fraction of sp³-hybridized carbons (Fsp3) is 0.409. The summed E-state index contributed by atoms with van der Waals surface area (Å²) in [7, 11) is 0. The summed E-state index contributed by atoms with van der Waals surface area (Å²) in [6.45, 7) is 1.55. The molecule has 5 rings (SSSR count). The van der Waals surface area contributed by atoms with Gasteiger partial charge in [0.05, 0.1) is 12.0 Å². The minimum Gasteiger partial charge on any atom is -0.354 e. The second kappa shape index (κ2) is 8.22. The van der Waals surface area contributed by atoms with Crippen LogP contribution in [0.4, 0.5) is 5.82 Å². The van der Waals surface area contributed by atoms with E-state index in [1.54, 1.807) is 11.0 Å². The van der Waals surface area contributed by atoms with Gasteiger partial charge in [0.25, 0.3) is 0 Å². The number of aromatic nitrogens is 5. The first-order valence-corrected chi connectivity index (χ1v) is 10.6. The Balaban J connectivity index is 1.25. The van der Waals surface area contributed by atoms with Crippen molar-refractivity contribution < 1.29 is 4.79 Å². The molecule has 8 heteroatoms. The first kappa shape index (κ1) is 18.7. The van der Waals surface area contributed by atoms with Crippen molar-refractivity contribution in [1.29, 1.82) is 0 Å². The number of amides is 1. The smallest absolute Gasteiger partial charge is 0.225 e. The maximum absolute atomic E-state index is 13.1. The van der Waals surface area contributed by atoms with Crippen LogP contribution < -0.4 is 10.2 Å². The van der Waals surface area contributed by atoms with Crippen LogP contribution in [0, 0.1) is 5.92 Å². The number of rotatable bonds is 4. The Morgan fingerprint density at radius 3 is 2.73 bits per heavy atom. The summed E-state index contributed by atoms with van der Waals surface area (Å²) in [6, 6.07) is 12.4. The average molecular weight is 403 g/mol. The van der Waals surface area contributed by atoms with Crippen LogP contribution in [-0.2, 0) is 11.2 Å². The molecule has 1 aromatic carbocycles. The molecule has 0 saturated carbocycles. The number of aryl methyl sites for hydroxylation is 1. The third-order valence-corrected chi connectivity index (χ3v) is 6.09. The lowest BCUT2D eigenvalue weighted by Crippen LogP contribution is -2.44. The van der Waals surface area contributed by atoms with Crippen LogP contribution in [0.3, 0.4) is 0 Å². The van der Waals surface area contributed by atoms with Gasteiger partial charge in [-0.1, -0.05) is 24.3 Å². The largest absolute Gasteiger partial charge is 0.354 e. The Labute approximate surface area is 175 Å². The summed E-state index contributed by atoms with van der Waals surface area (Å²) in [6.07, 6.45) is 8.15. The molecule has 0 radical (unpaired) electrons. The van der Waals surface area contributed by atoms with E-state index < -0.39 is 0 Å². The number of carbonyl (C=O) groups excluding carboxylic acids is 1. The van der Waals surface area contributed by atoms with E-state index in [0.717, 1.165) is 44.5 Å². The van der Waals surface area contributed by atoms with Gasteiger partial charge in [-0.15, -0.1) is 10.2 Å². The van der Waals surface area contributed by atoms with E-state index in [1.807, 2.05) is 12.1 Å². The summed E-state index contributed by atoms with van der Waals surface area (Å²) in [5, 5.41) is 16.0. The van der Waals surface area contributed by atoms with Crippen LogP contribution in [-0.4, -0.2) is 44.0 Å². The van der Waals surface area contributed by atoms with Gasteiger partial charge in [0, 0.05) is 13.1 Å². The van der Waals surface area contributed by atoms with Crippen molar-refractivity contribution in [2.24, 2.45) is 5.92 Å². The Morgan fingerprint density at radius 1 is 1.03 bits per heavy atom. The molecule has 3 aromatic rings. The van der Waals surface area contributed by atoms with Crippen LogP contribution in [0.25, 0.3) is 5.82 Å². The molecular formula is C22H25N7O. The van der Waals surface area contributed by atoms with Gasteiger partial charge in [0.15, 0.2) is 11.6 Å². The molecule has 1 aliphatic heterocycles. The Kier molecular flexibility index (Phi) is 5.13. The lowest BCUT2D eigenvalue weighted by molar-refractivity contribution is -0.126. The first-order valence-electron chi connectivity index (χ1n) is 10.6. The minimum absolute atomic E-state index is 0.0374. The Morgan fingerprint density at radius 2 is 1.90 bits per heavy atom. The summed E-state index contributed by atoms with van der Waals surface area (Å²) >= 11 is 0. The van der Waals surface area contributed by atoms with Crippen LogP contribution in [0.1, 0.15) is 42.9 Å². The number of hydrogen-bond acceptors (Lipinski definition) is 6. The van der Waals surface area contributed by atoms with Gasteiger partial charge in [0.2, 0.25) is 5.91 Å². The van der Waals surface area contributed by atoms with E-state index in [0.29, 0.717) is 12.4 Å². The number of piperidine rings is 1. The molecule has 2 aromatic heterocycles. The summed E-state index contributed by atoms with van der Waals surface area (Å²) in [4.78, 5) is 19.2. The highest BCUT2D eigenvalue weighted by molar-refractivity contribution is 5.80. The van der Waals surface area contributed by atoms with Gasteiger partial charge in [-0.25, -0.2) is 9.67 Å². The standard InChI is InChI=1S/C22H25N7O/c30-22(25-19-9-3-6-16-5-1-2-8-18(16)19)17-7-4-12-28(13-17)20-10-11-21(27-26-20)29-15-23-14-24-29/h1-2,5,8,10-11,14-15,17,19H,3-4,6-7,9,12-13H2,(H,25,30). The Hall–Kier alpha value is -3.29. The van der Waals surface area contributed by atoms with Gasteiger partial charge in [0.1, 0.15) is 12.7 Å². The zero-order valence-corrected chi connectivity index (χ0v) is 16.8. The van der Waals surface area contributed by atoms with E-state index in [2.05, 4.69) is 54.8 Å². The fourth-order valence-corrected chi connectivity index (χ4v) is 4.53. The second-order valence-electron chi connectivity index (χ2n) is 8.03. The zero-order valence-electron chi connectivity index (χ0n) is 16.8. The number of carbonyl (C=O) groups is 1. The molecule has 1 aliphatic carbocycles. The number of nitrogens with zero attached hydrogens (tertiary/aromatic N) is 6. The molecule has 2 unspecified atom stereocenters. The van der Waals surface area contributed by atoms with Crippen molar-refractivity contribution in [2.75, 3.05) is 18.0 Å². The quantitative estimate of drug-likeness (QED) is 0.720. The summed E-state index contributed by atoms with van der Waals surface area (Å²) in [5.41, 5.74) is 2.64. The molecule has 154 valence electrons. The number of nitrogens with one attached hydrogen (secondary N) is 1. The topological polar surface area (TPSA) is 88.8 Å². The van der Waals surface area contributed by atoms with Gasteiger partial charge < -0.3 is 10.2 Å². The van der Waals surface area contributed by atoms with Crippen LogP contribution >= 0.6 is 0 Å². The molecule has 0 bridgehead atoms. The third-order valence-electron chi connectivity index (χ3n) is 6.09. The molecule has 2 aliphatic rings. The highest BCUT2D eigenvalue weighted by atomic mass is 16.2. The molecule has 0 spiro atoms. The second-order valence-corrected chi connectivity index (χ2v) is 8.03. The normalized spacial score (nSPS) is 21.1. The number of hydrogen-bond donors (Lipinski definition) is 1. The lowest BCUT2D eigenvalue weighted by Gasteiger charge is -2.34. The maximum atomic E-state index is 13.1. The first-order chi connectivity index (χ1) is 14.8. The van der Waals surface area contributed by atoms with E-state index in [1.165, 1.54) is 17.5 Å². The molecule has 1 N–H and O–H groups in total. The summed E-state index contributed by atoms with van der Waals surface area (Å²) < 4.78 is 1.57. The van der Waals surface area contributed by atoms with Crippen LogP contribution in [0.5, 0.6) is 0 Å². The number of fused-ring (bicyclic) bond motifs is 1. The van der Waals surface area contributed by atoms with Gasteiger partial charge in [-0.05, 0) is 55.4 Å². The third kappa shape index (κ3) is 3.77. The van der Waals surface area contributed by atoms with Crippen molar-refractivity contribution in [3.8, 4) is 5.82 Å². The fourth-order valence-electron chi connectivity index (χ4n) is 4.53. The SMILES string of the molecule is O=C(NC1CCCc2ccccc21)C1CCCN(c2ccc(-n3cncn3)nn2)C1. The number of benzene rings is 1. The molecule has 2 atom stereocenters. The minimum atomic E-state index is -0.0374. The molecule has 3 heterocycles. The maximum Gasteiger partial charge on any atom is 0.225 e. The van der Waals surface area contributed by atoms with E-state index >= 15 is 0 Å². The van der Waals surface area contributed by atoms with E-state index in [9.17, 15) is 4.79 Å². The lowest BCUT2D eigenvalue weighted by atomic mass is 9.87. The molecule has 1 amide bonds. The van der Waals surface area contributed by atoms with Crippen molar-refractivity contribution in [3.05, 3.63) is 60.2 Å². The summed E-state index contributed by atoms with van der Waals surface area (Å²) in [5.74, 6) is 1.52. The van der Waals surface area contributed by atoms with Crippen molar-refractivity contribution >= 4 is 11.7 Å². The molecule has 30 heavy (non-hydrogen) atoms. The average Bonchev–Trinajstić information content (AvgIpc) is 3.35. The van der Waals surface area contributed by atoms with Crippen LogP contribution in [0.2, 0.25) is 0 Å². The van der Waals surface area contributed by atoms with Crippen molar-refractivity contribution in [2.45, 2.75) is 38.1 Å². The van der Waals surface area contributed by atoms with Crippen molar-refractivity contribution in [1.82, 2.24) is 30.3 Å². The zero-order chi connectivity index (χ0) is 20.3. The molecule has 1 fully saturated rings. The number of anilines is 1. The van der Waals surface area contributed by atoms with Crippen LogP contribution in [0.15, 0.2) is 49.1 Å². The van der Waals surface area contributed by atoms with Gasteiger partial charge in [-0.2, -0.15) is 5.10 Å². The predicted molar refractivity (Wildman–Crippen MR) is 112 cm³/mol. The molecule has 1 saturated heterocycles. The van der Waals surface area contributed by atoms with E-state index in [4.69, 9.17) is 0 Å². The van der Waals surface area contributed by atoms with Gasteiger partial charge in [-0.3, -0.25) is 4.79 Å².